The van der Waals surface area contributed by atoms with Crippen LogP contribution in [0.2, 0.25) is 0 Å². The van der Waals surface area contributed by atoms with E-state index in [1.807, 2.05) is 0 Å². The SMILES string of the molecule is N=C=O.O=C1CSC(=S)N1. The maximum atomic E-state index is 10.2. The Balaban J connectivity index is 0.000000236. The van der Waals surface area contributed by atoms with Gasteiger partial charge in [-0.2, -0.15) is 0 Å². The molecule has 6 heteroatoms. The van der Waals surface area contributed by atoms with Crippen molar-refractivity contribution in [2.24, 2.45) is 0 Å². The van der Waals surface area contributed by atoms with Gasteiger partial charge in [0.05, 0.1) is 5.75 Å². The highest BCUT2D eigenvalue weighted by atomic mass is 32.2. The summed E-state index contributed by atoms with van der Waals surface area (Å²) in [4.78, 5) is 18.6. The molecular formula is C4H4N2O2S2. The van der Waals surface area contributed by atoms with E-state index in [2.05, 4.69) is 17.5 Å². The minimum absolute atomic E-state index is 0.0231. The Morgan fingerprint density at radius 3 is 2.40 bits per heavy atom. The Kier molecular flexibility index (Phi) is 4.74. The maximum Gasteiger partial charge on any atom is 0.235 e. The quantitative estimate of drug-likeness (QED) is 0.310. The van der Waals surface area contributed by atoms with Crippen LogP contribution in [0, 0.1) is 5.41 Å². The fraction of sp³-hybridized carbons (Fsp3) is 0.250. The summed E-state index contributed by atoms with van der Waals surface area (Å²) in [5, 5.41) is 7.88. The van der Waals surface area contributed by atoms with Gasteiger partial charge >= 0.3 is 0 Å². The van der Waals surface area contributed by atoms with Crippen molar-refractivity contribution in [1.29, 1.82) is 5.41 Å². The third kappa shape index (κ3) is 4.20. The first kappa shape index (κ1) is 9.29. The molecule has 1 amide bonds. The van der Waals surface area contributed by atoms with E-state index < -0.39 is 0 Å². The lowest BCUT2D eigenvalue weighted by Crippen LogP contribution is -2.18. The number of hydrogen-bond acceptors (Lipinski definition) is 5. The van der Waals surface area contributed by atoms with Crippen molar-refractivity contribution in [2.75, 3.05) is 5.75 Å². The summed E-state index contributed by atoms with van der Waals surface area (Å²) in [5.74, 6) is 0.522. The van der Waals surface area contributed by atoms with E-state index in [9.17, 15) is 4.79 Å². The van der Waals surface area contributed by atoms with Gasteiger partial charge in [-0.15, -0.1) is 0 Å². The molecule has 1 saturated heterocycles. The molecule has 0 aliphatic carbocycles. The summed E-state index contributed by atoms with van der Waals surface area (Å²) in [7, 11) is 0. The number of thiocarbonyl (C=S) groups is 1. The molecule has 0 atom stereocenters. The maximum absolute atomic E-state index is 10.2. The van der Waals surface area contributed by atoms with Gasteiger partial charge in [-0.3, -0.25) is 4.79 Å². The van der Waals surface area contributed by atoms with Gasteiger partial charge in [0.2, 0.25) is 12.0 Å². The molecule has 0 aromatic heterocycles. The van der Waals surface area contributed by atoms with E-state index in [1.165, 1.54) is 11.8 Å². The second kappa shape index (κ2) is 5.10. The van der Waals surface area contributed by atoms with E-state index in [4.69, 9.17) is 10.2 Å². The lowest BCUT2D eigenvalue weighted by atomic mass is 10.7. The Bertz CT molecular complexity index is 172. The summed E-state index contributed by atoms with van der Waals surface area (Å²) >= 11 is 6.00. The molecule has 0 aromatic carbocycles. The number of thioether (sulfide) groups is 1. The van der Waals surface area contributed by atoms with Gasteiger partial charge in [0.15, 0.2) is 0 Å². The predicted molar refractivity (Wildman–Crippen MR) is 41.6 cm³/mol. The molecule has 2 N–H and O–H groups in total. The number of carbonyl (C=O) groups excluding carboxylic acids is 2. The Morgan fingerprint density at radius 1 is 1.80 bits per heavy atom. The molecule has 4 nitrogen and oxygen atoms in total. The van der Waals surface area contributed by atoms with E-state index in [0.717, 1.165) is 6.08 Å². The van der Waals surface area contributed by atoms with Crippen LogP contribution in [0.15, 0.2) is 0 Å². The molecule has 1 fully saturated rings. The average Bonchev–Trinajstić information content (AvgIpc) is 2.17. The minimum Gasteiger partial charge on any atom is -0.311 e. The fourth-order valence-electron chi connectivity index (χ4n) is 0.317. The number of nitrogens with one attached hydrogen (secondary N) is 2. The first-order valence-corrected chi connectivity index (χ1v) is 3.60. The fourth-order valence-corrected chi connectivity index (χ4v) is 1.13. The van der Waals surface area contributed by atoms with Crippen molar-refractivity contribution in [3.63, 3.8) is 0 Å². The molecule has 10 heavy (non-hydrogen) atoms. The summed E-state index contributed by atoms with van der Waals surface area (Å²) in [6.45, 7) is 0. The van der Waals surface area contributed by atoms with E-state index in [-0.39, 0.29) is 5.91 Å². The molecule has 0 radical (unpaired) electrons. The summed E-state index contributed by atoms with van der Waals surface area (Å²) in [5.41, 5.74) is 0. The van der Waals surface area contributed by atoms with Gasteiger partial charge in [0.25, 0.3) is 0 Å². The van der Waals surface area contributed by atoms with Crippen LogP contribution in [0.5, 0.6) is 0 Å². The topological polar surface area (TPSA) is 70.0 Å². The summed E-state index contributed by atoms with van der Waals surface area (Å²) < 4.78 is 0.602. The summed E-state index contributed by atoms with van der Waals surface area (Å²) in [6.07, 6.45) is 0.750. The van der Waals surface area contributed by atoms with Gasteiger partial charge in [-0.25, -0.2) is 10.2 Å². The average molecular weight is 176 g/mol. The first-order chi connectivity index (χ1) is 4.70. The normalized spacial score (nSPS) is 14.8. The molecule has 1 heterocycles. The number of hydrogen-bond donors (Lipinski definition) is 2. The monoisotopic (exact) mass is 176 g/mol. The van der Waals surface area contributed by atoms with Crippen molar-refractivity contribution in [3.8, 4) is 0 Å². The van der Waals surface area contributed by atoms with Crippen LogP contribution in [0.4, 0.5) is 0 Å². The van der Waals surface area contributed by atoms with Crippen LogP contribution in [0.3, 0.4) is 0 Å². The lowest BCUT2D eigenvalue weighted by molar-refractivity contribution is -0.116. The molecule has 1 aliphatic heterocycles. The molecule has 54 valence electrons. The number of amides is 1. The largest absolute Gasteiger partial charge is 0.311 e. The zero-order valence-electron chi connectivity index (χ0n) is 4.84. The highest BCUT2D eigenvalue weighted by Gasteiger charge is 2.13. The van der Waals surface area contributed by atoms with E-state index in [0.29, 0.717) is 10.1 Å². The van der Waals surface area contributed by atoms with Gasteiger partial charge in [0.1, 0.15) is 4.32 Å². The van der Waals surface area contributed by atoms with Gasteiger partial charge < -0.3 is 5.32 Å². The number of rotatable bonds is 0. The molecule has 0 bridgehead atoms. The van der Waals surface area contributed by atoms with Crippen molar-refractivity contribution < 1.29 is 9.59 Å². The highest BCUT2D eigenvalue weighted by molar-refractivity contribution is 8.24. The zero-order valence-corrected chi connectivity index (χ0v) is 6.47. The minimum atomic E-state index is 0.0231. The van der Waals surface area contributed by atoms with Gasteiger partial charge in [0, 0.05) is 0 Å². The Morgan fingerprint density at radius 2 is 2.30 bits per heavy atom. The first-order valence-electron chi connectivity index (χ1n) is 2.21. The molecule has 0 spiro atoms. The molecule has 0 saturated carbocycles. The van der Waals surface area contributed by atoms with Gasteiger partial charge in [-0.05, 0) is 0 Å². The molecule has 0 unspecified atom stereocenters. The number of isocyanates is 1. The Hall–Kier alpha value is -0.710. The van der Waals surface area contributed by atoms with Gasteiger partial charge in [-0.1, -0.05) is 24.0 Å². The second-order valence-corrected chi connectivity index (χ2v) is 2.88. The highest BCUT2D eigenvalue weighted by Crippen LogP contribution is 2.06. The molecule has 1 aliphatic rings. The lowest BCUT2D eigenvalue weighted by Gasteiger charge is -1.81. The van der Waals surface area contributed by atoms with Crippen LogP contribution >= 0.6 is 24.0 Å². The van der Waals surface area contributed by atoms with Crippen molar-refractivity contribution >= 4 is 40.3 Å². The smallest absolute Gasteiger partial charge is 0.235 e. The molecule has 1 rings (SSSR count). The standard InChI is InChI=1S/C3H3NOS2.CHNO/c5-2-1-7-3(6)4-2;2-1-3/h1H2,(H,4,5,6);2H. The predicted octanol–water partition coefficient (Wildman–Crippen LogP) is 0.0353. The van der Waals surface area contributed by atoms with E-state index >= 15 is 0 Å². The van der Waals surface area contributed by atoms with Crippen LogP contribution in [0.1, 0.15) is 0 Å². The van der Waals surface area contributed by atoms with E-state index in [1.54, 1.807) is 0 Å². The Labute approximate surface area is 66.9 Å². The summed E-state index contributed by atoms with van der Waals surface area (Å²) in [6, 6.07) is 0. The molecule has 0 aromatic rings. The van der Waals surface area contributed by atoms with Crippen molar-refractivity contribution in [3.05, 3.63) is 0 Å². The molecular weight excluding hydrogens is 172 g/mol. The van der Waals surface area contributed by atoms with Crippen LogP contribution < -0.4 is 5.32 Å². The van der Waals surface area contributed by atoms with Crippen molar-refractivity contribution in [2.45, 2.75) is 0 Å². The third-order valence-corrected chi connectivity index (χ3v) is 1.80. The zero-order chi connectivity index (χ0) is 7.98. The van der Waals surface area contributed by atoms with Crippen LogP contribution in [-0.4, -0.2) is 22.1 Å². The number of carbonyl (C=O) groups is 1. The van der Waals surface area contributed by atoms with Crippen LogP contribution in [-0.2, 0) is 9.59 Å². The third-order valence-electron chi connectivity index (χ3n) is 0.576. The second-order valence-electron chi connectivity index (χ2n) is 1.23. The van der Waals surface area contributed by atoms with Crippen LogP contribution in [0.25, 0.3) is 0 Å². The van der Waals surface area contributed by atoms with Crippen molar-refractivity contribution in [1.82, 2.24) is 5.32 Å².